The average Bonchev–Trinajstić information content (AvgIpc) is 2.46. The van der Waals surface area contributed by atoms with E-state index in [0.717, 1.165) is 5.19 Å². The second-order valence-electron chi connectivity index (χ2n) is 6.26. The van der Waals surface area contributed by atoms with Gasteiger partial charge in [-0.3, -0.25) is 0 Å². The van der Waals surface area contributed by atoms with Crippen LogP contribution in [0.3, 0.4) is 0 Å². The minimum Gasteiger partial charge on any atom is -0.382 e. The van der Waals surface area contributed by atoms with Crippen molar-refractivity contribution in [3.63, 3.8) is 0 Å². The van der Waals surface area contributed by atoms with Gasteiger partial charge in [-0.25, -0.2) is 0 Å². The maximum atomic E-state index is 14.4. The zero-order chi connectivity index (χ0) is 15.7. The predicted octanol–water partition coefficient (Wildman–Crippen LogP) is 4.06. The number of aliphatic hydroxyl groups excluding tert-OH is 1. The third-order valence-corrected chi connectivity index (χ3v) is 5.66. The van der Waals surface area contributed by atoms with Crippen LogP contribution in [0.2, 0.25) is 19.6 Å². The van der Waals surface area contributed by atoms with Crippen molar-refractivity contribution in [2.45, 2.75) is 31.7 Å². The highest BCUT2D eigenvalue weighted by Crippen LogP contribution is 2.40. The van der Waals surface area contributed by atoms with E-state index in [2.05, 4.69) is 19.6 Å². The van der Waals surface area contributed by atoms with Gasteiger partial charge in [0, 0.05) is 5.56 Å². The summed E-state index contributed by atoms with van der Waals surface area (Å²) in [5.41, 5.74) is 0.0672. The average molecular weight is 306 g/mol. The molecule has 0 aliphatic carbocycles. The summed E-state index contributed by atoms with van der Waals surface area (Å²) in [5.74, 6) is -3.31. The molecule has 2 aromatic carbocycles. The molecule has 0 bridgehead atoms. The molecule has 0 radical (unpaired) electrons. The minimum atomic E-state index is -3.31. The molecule has 0 saturated carbocycles. The number of hydrogen-bond donors (Lipinski definition) is 1. The first-order valence-electron chi connectivity index (χ1n) is 6.95. The topological polar surface area (TPSA) is 20.2 Å². The van der Waals surface area contributed by atoms with E-state index >= 15 is 0 Å². The Morgan fingerprint density at radius 2 is 1.43 bits per heavy atom. The largest absolute Gasteiger partial charge is 0.382 e. The normalized spacial score (nSPS) is 14.0. The molecule has 0 aliphatic heterocycles. The van der Waals surface area contributed by atoms with E-state index in [4.69, 9.17) is 0 Å². The van der Waals surface area contributed by atoms with Crippen LogP contribution in [0.1, 0.15) is 17.2 Å². The summed E-state index contributed by atoms with van der Waals surface area (Å²) in [7, 11) is -1.51. The quantitative estimate of drug-likeness (QED) is 0.845. The molecule has 2 rings (SSSR count). The van der Waals surface area contributed by atoms with Crippen LogP contribution in [-0.4, -0.2) is 13.2 Å². The van der Waals surface area contributed by atoms with Gasteiger partial charge in [0.25, 0.3) is 0 Å². The van der Waals surface area contributed by atoms with Crippen LogP contribution in [0.25, 0.3) is 0 Å². The number of benzene rings is 2. The van der Waals surface area contributed by atoms with Gasteiger partial charge in [0.15, 0.2) is 0 Å². The van der Waals surface area contributed by atoms with Crippen LogP contribution in [-0.2, 0) is 5.92 Å². The SMILES string of the molecule is C[Si](C)(C)c1ccc(C(F)(F)C(O)c2ccccc2)cc1. The van der Waals surface area contributed by atoms with E-state index < -0.39 is 20.1 Å². The lowest BCUT2D eigenvalue weighted by atomic mass is 9.97. The lowest BCUT2D eigenvalue weighted by Crippen LogP contribution is -2.37. The van der Waals surface area contributed by atoms with E-state index in [1.807, 2.05) is 0 Å². The standard InChI is InChI=1S/C17H20F2OSi/c1-21(2,3)15-11-9-14(10-12-15)17(18,19)16(20)13-7-5-4-6-8-13/h4-12,16,20H,1-3H3. The van der Waals surface area contributed by atoms with Crippen molar-refractivity contribution in [3.8, 4) is 0 Å². The molecule has 0 aliphatic rings. The van der Waals surface area contributed by atoms with Gasteiger partial charge in [-0.1, -0.05) is 79.4 Å². The number of rotatable bonds is 4. The van der Waals surface area contributed by atoms with Crippen molar-refractivity contribution < 1.29 is 13.9 Å². The molecule has 1 nitrogen and oxygen atoms in total. The van der Waals surface area contributed by atoms with E-state index in [0.29, 0.717) is 0 Å². The molecule has 21 heavy (non-hydrogen) atoms. The molecule has 0 heterocycles. The number of hydrogen-bond acceptors (Lipinski definition) is 1. The Morgan fingerprint density at radius 1 is 0.905 bits per heavy atom. The lowest BCUT2D eigenvalue weighted by molar-refractivity contribution is -0.117. The smallest absolute Gasteiger partial charge is 0.302 e. The molecular weight excluding hydrogens is 286 g/mol. The highest BCUT2D eigenvalue weighted by Gasteiger charge is 2.41. The van der Waals surface area contributed by atoms with Crippen LogP contribution in [0.4, 0.5) is 8.78 Å². The third kappa shape index (κ3) is 3.39. The van der Waals surface area contributed by atoms with Crippen LogP contribution < -0.4 is 5.19 Å². The fourth-order valence-corrected chi connectivity index (χ4v) is 3.36. The second kappa shape index (κ2) is 5.70. The van der Waals surface area contributed by atoms with Crippen molar-refractivity contribution in [1.82, 2.24) is 0 Å². The van der Waals surface area contributed by atoms with Crippen LogP contribution in [0.15, 0.2) is 54.6 Å². The Morgan fingerprint density at radius 3 is 1.90 bits per heavy atom. The van der Waals surface area contributed by atoms with Crippen molar-refractivity contribution in [2.24, 2.45) is 0 Å². The highest BCUT2D eigenvalue weighted by atomic mass is 28.3. The van der Waals surface area contributed by atoms with Crippen LogP contribution in [0, 0.1) is 0 Å². The van der Waals surface area contributed by atoms with Crippen molar-refractivity contribution >= 4 is 13.3 Å². The van der Waals surface area contributed by atoms with Crippen molar-refractivity contribution in [3.05, 3.63) is 65.7 Å². The van der Waals surface area contributed by atoms with E-state index in [1.165, 1.54) is 24.3 Å². The molecule has 0 fully saturated rings. The summed E-state index contributed by atoms with van der Waals surface area (Å²) in [6.45, 7) is 6.50. The van der Waals surface area contributed by atoms with Crippen molar-refractivity contribution in [2.75, 3.05) is 0 Å². The predicted molar refractivity (Wildman–Crippen MR) is 84.7 cm³/mol. The molecule has 1 N–H and O–H groups in total. The molecular formula is C17H20F2OSi. The molecule has 0 amide bonds. The van der Waals surface area contributed by atoms with Crippen molar-refractivity contribution in [1.29, 1.82) is 0 Å². The second-order valence-corrected chi connectivity index (χ2v) is 11.3. The van der Waals surface area contributed by atoms with Crippen LogP contribution in [0.5, 0.6) is 0 Å². The summed E-state index contributed by atoms with van der Waals surface area (Å²) in [6.07, 6.45) is -1.84. The first-order valence-corrected chi connectivity index (χ1v) is 10.4. The van der Waals surface area contributed by atoms with E-state index in [9.17, 15) is 13.9 Å². The summed E-state index contributed by atoms with van der Waals surface area (Å²) < 4.78 is 28.8. The lowest BCUT2D eigenvalue weighted by Gasteiger charge is -2.24. The molecule has 112 valence electrons. The molecule has 0 aromatic heterocycles. The molecule has 0 saturated heterocycles. The van der Waals surface area contributed by atoms with Gasteiger partial charge in [-0.05, 0) is 5.56 Å². The Labute approximate surface area is 125 Å². The van der Waals surface area contributed by atoms with E-state index in [1.54, 1.807) is 30.3 Å². The fraction of sp³-hybridized carbons (Fsp3) is 0.294. The van der Waals surface area contributed by atoms with Gasteiger partial charge in [0.2, 0.25) is 0 Å². The third-order valence-electron chi connectivity index (χ3n) is 3.59. The first kappa shape index (κ1) is 15.9. The molecule has 1 atom stereocenters. The first-order chi connectivity index (χ1) is 9.73. The number of halogens is 2. The molecule has 2 aromatic rings. The number of alkyl halides is 2. The molecule has 4 heteroatoms. The summed E-state index contributed by atoms with van der Waals surface area (Å²) in [4.78, 5) is 0. The maximum absolute atomic E-state index is 14.4. The summed E-state index contributed by atoms with van der Waals surface area (Å²) >= 11 is 0. The maximum Gasteiger partial charge on any atom is 0.302 e. The Balaban J connectivity index is 2.31. The highest BCUT2D eigenvalue weighted by molar-refractivity contribution is 6.88. The monoisotopic (exact) mass is 306 g/mol. The Kier molecular flexibility index (Phi) is 4.30. The number of aliphatic hydroxyl groups is 1. The zero-order valence-electron chi connectivity index (χ0n) is 12.5. The Bertz CT molecular complexity index is 588. The summed E-state index contributed by atoms with van der Waals surface area (Å²) in [5, 5.41) is 11.1. The summed E-state index contributed by atoms with van der Waals surface area (Å²) in [6, 6.07) is 14.4. The molecule has 1 unspecified atom stereocenters. The molecule has 0 spiro atoms. The van der Waals surface area contributed by atoms with Gasteiger partial charge >= 0.3 is 5.92 Å². The van der Waals surface area contributed by atoms with Crippen LogP contribution >= 0.6 is 0 Å². The fourth-order valence-electron chi connectivity index (χ4n) is 2.19. The Hall–Kier alpha value is -1.52. The van der Waals surface area contributed by atoms with Gasteiger partial charge in [0.1, 0.15) is 6.10 Å². The van der Waals surface area contributed by atoms with E-state index in [-0.39, 0.29) is 11.1 Å². The van der Waals surface area contributed by atoms with Gasteiger partial charge < -0.3 is 5.11 Å². The zero-order valence-corrected chi connectivity index (χ0v) is 13.5. The van der Waals surface area contributed by atoms with Gasteiger partial charge in [-0.15, -0.1) is 0 Å². The minimum absolute atomic E-state index is 0.152. The van der Waals surface area contributed by atoms with Gasteiger partial charge in [0.05, 0.1) is 8.07 Å². The van der Waals surface area contributed by atoms with Gasteiger partial charge in [-0.2, -0.15) is 8.78 Å².